The van der Waals surface area contributed by atoms with Crippen LogP contribution in [0.4, 0.5) is 0 Å². The fraction of sp³-hybridized carbons (Fsp3) is 0. The second-order valence-electron chi connectivity index (χ2n) is 13.3. The van der Waals surface area contributed by atoms with Crippen LogP contribution in [-0.4, -0.2) is 9.13 Å². The van der Waals surface area contributed by atoms with Crippen molar-refractivity contribution in [3.05, 3.63) is 190 Å². The van der Waals surface area contributed by atoms with Crippen LogP contribution in [0.1, 0.15) is 0 Å². The summed E-state index contributed by atoms with van der Waals surface area (Å²) in [5, 5.41) is 4.97. The van der Waals surface area contributed by atoms with E-state index in [9.17, 15) is 0 Å². The molecule has 246 valence electrons. The van der Waals surface area contributed by atoms with Crippen molar-refractivity contribution in [2.45, 2.75) is 0 Å². The molecule has 0 unspecified atom stereocenters. The predicted octanol–water partition coefficient (Wildman–Crippen LogP) is 14.2. The molecule has 2 heterocycles. The van der Waals surface area contributed by atoms with E-state index in [1.165, 1.54) is 80.6 Å². The summed E-state index contributed by atoms with van der Waals surface area (Å²) in [5.41, 5.74) is 14.4. The van der Waals surface area contributed by atoms with Gasteiger partial charge >= 0.3 is 0 Å². The van der Waals surface area contributed by atoms with Crippen molar-refractivity contribution in [3.63, 3.8) is 0 Å². The second-order valence-corrected chi connectivity index (χ2v) is 15.4. The van der Waals surface area contributed by atoms with E-state index in [1.807, 2.05) is 0 Å². The van der Waals surface area contributed by atoms with Gasteiger partial charge in [-0.15, -0.1) is 0 Å². The number of hydrogen-bond donors (Lipinski definition) is 0. The lowest BCUT2D eigenvalue weighted by atomic mass is 9.98. The first-order valence-corrected chi connectivity index (χ1v) is 19.3. The van der Waals surface area contributed by atoms with E-state index in [0.29, 0.717) is 0 Å². The molecule has 0 spiro atoms. The number of para-hydroxylation sites is 2. The number of fused-ring (bicyclic) bond motifs is 6. The van der Waals surface area contributed by atoms with Crippen molar-refractivity contribution in [1.82, 2.24) is 9.13 Å². The van der Waals surface area contributed by atoms with E-state index in [2.05, 4.69) is 230 Å². The van der Waals surface area contributed by atoms with Gasteiger partial charge in [0.2, 0.25) is 0 Å². The molecular weight excluding hydrogens is 811 g/mol. The number of benzene rings is 8. The average Bonchev–Trinajstić information content (AvgIpc) is 3.70. The van der Waals surface area contributed by atoms with E-state index in [1.54, 1.807) is 0 Å². The topological polar surface area (TPSA) is 9.86 Å². The van der Waals surface area contributed by atoms with Crippen LogP contribution in [0, 0.1) is 3.57 Å². The molecule has 0 fully saturated rings. The maximum Gasteiger partial charge on any atom is 0.0541 e. The van der Waals surface area contributed by atoms with Crippen molar-refractivity contribution < 1.29 is 0 Å². The van der Waals surface area contributed by atoms with Crippen LogP contribution in [0.3, 0.4) is 0 Å². The molecule has 0 atom stereocenters. The molecule has 2 aromatic heterocycles. The number of rotatable bonds is 5. The molecule has 0 radical (unpaired) electrons. The van der Waals surface area contributed by atoms with Gasteiger partial charge in [0.15, 0.2) is 0 Å². The minimum absolute atomic E-state index is 1.08. The van der Waals surface area contributed by atoms with E-state index >= 15 is 0 Å². The maximum atomic E-state index is 3.60. The van der Waals surface area contributed by atoms with Gasteiger partial charge in [0, 0.05) is 41.0 Å². The highest BCUT2D eigenvalue weighted by Crippen LogP contribution is 2.40. The fourth-order valence-electron chi connectivity index (χ4n) is 7.76. The van der Waals surface area contributed by atoms with Crippen molar-refractivity contribution >= 4 is 82.1 Å². The predicted molar refractivity (Wildman–Crippen MR) is 232 cm³/mol. The van der Waals surface area contributed by atoms with Gasteiger partial charge in [-0.3, -0.25) is 0 Å². The Balaban J connectivity index is 1.19. The van der Waals surface area contributed by atoms with E-state index in [4.69, 9.17) is 0 Å². The lowest BCUT2D eigenvalue weighted by Gasteiger charge is -2.09. The molecule has 0 saturated heterocycles. The van der Waals surface area contributed by atoms with Crippen molar-refractivity contribution in [1.29, 1.82) is 0 Å². The zero-order valence-corrected chi connectivity index (χ0v) is 31.7. The van der Waals surface area contributed by atoms with E-state index in [-0.39, 0.29) is 0 Å². The molecule has 0 amide bonds. The summed E-state index contributed by atoms with van der Waals surface area (Å²) in [4.78, 5) is 0. The first kappa shape index (κ1) is 31.3. The summed E-state index contributed by atoms with van der Waals surface area (Å²) in [5.74, 6) is 0. The zero-order chi connectivity index (χ0) is 34.8. The van der Waals surface area contributed by atoms with Crippen LogP contribution in [-0.2, 0) is 0 Å². The van der Waals surface area contributed by atoms with Crippen LogP contribution >= 0.6 is 38.5 Å². The minimum Gasteiger partial charge on any atom is -0.309 e. The van der Waals surface area contributed by atoms with Gasteiger partial charge in [0.25, 0.3) is 0 Å². The third-order valence-corrected chi connectivity index (χ3v) is 11.5. The Morgan fingerprint density at radius 1 is 0.327 bits per heavy atom. The molecule has 0 aliphatic rings. The SMILES string of the molecule is Brc1ccc(-c2ccc3c(c2)c2cc(-c4ccc5c(c4)c4cc(-c6ccc(I)cc6)ccc4n5-c4ccccc4)ccc2n3-c2ccccc2)cc1. The Hall–Kier alpha value is -5.43. The van der Waals surface area contributed by atoms with Crippen LogP contribution in [0.5, 0.6) is 0 Å². The van der Waals surface area contributed by atoms with Crippen molar-refractivity contribution in [3.8, 4) is 44.8 Å². The lowest BCUT2D eigenvalue weighted by molar-refractivity contribution is 1.18. The van der Waals surface area contributed by atoms with Gasteiger partial charge in [-0.2, -0.15) is 0 Å². The summed E-state index contributed by atoms with van der Waals surface area (Å²) >= 11 is 5.98. The fourth-order valence-corrected chi connectivity index (χ4v) is 8.38. The first-order chi connectivity index (χ1) is 25.6. The van der Waals surface area contributed by atoms with Crippen molar-refractivity contribution in [2.24, 2.45) is 0 Å². The molecule has 8 aromatic carbocycles. The molecule has 52 heavy (non-hydrogen) atoms. The third-order valence-electron chi connectivity index (χ3n) is 10.2. The Kier molecular flexibility index (Phi) is 7.62. The number of hydrogen-bond acceptors (Lipinski definition) is 0. The van der Waals surface area contributed by atoms with E-state index in [0.717, 1.165) is 15.8 Å². The monoisotopic (exact) mass is 840 g/mol. The molecule has 10 aromatic rings. The standard InChI is InChI=1S/C48H30BrIN2/c49-37-19-11-31(12-20-37)33-15-23-45-41(27-33)43-29-35(17-25-47(43)51(45)39-7-3-1-4-8-39)36-18-26-48-44(30-36)42-28-34(32-13-21-38(50)22-14-32)16-24-46(42)52(48)40-9-5-2-6-10-40/h1-30H. The van der Waals surface area contributed by atoms with Gasteiger partial charge in [-0.25, -0.2) is 0 Å². The summed E-state index contributed by atoms with van der Waals surface area (Å²) in [6, 6.07) is 66.5. The highest BCUT2D eigenvalue weighted by atomic mass is 127. The molecule has 0 aliphatic heterocycles. The normalized spacial score (nSPS) is 11.7. The molecule has 0 bridgehead atoms. The highest BCUT2D eigenvalue weighted by Gasteiger charge is 2.17. The Morgan fingerprint density at radius 3 is 1.00 bits per heavy atom. The number of halogens is 2. The summed E-state index contributed by atoms with van der Waals surface area (Å²) in [6.07, 6.45) is 0. The summed E-state index contributed by atoms with van der Waals surface area (Å²) < 4.78 is 7.11. The summed E-state index contributed by atoms with van der Waals surface area (Å²) in [7, 11) is 0. The highest BCUT2D eigenvalue weighted by molar-refractivity contribution is 14.1. The number of nitrogens with zero attached hydrogens (tertiary/aromatic N) is 2. The second kappa shape index (κ2) is 12.7. The molecule has 10 rings (SSSR count). The van der Waals surface area contributed by atoms with Gasteiger partial charge in [-0.05, 0) is 153 Å². The molecule has 0 aliphatic carbocycles. The molecule has 4 heteroatoms. The van der Waals surface area contributed by atoms with Gasteiger partial charge in [0.1, 0.15) is 0 Å². The van der Waals surface area contributed by atoms with Crippen LogP contribution in [0.15, 0.2) is 186 Å². The third kappa shape index (κ3) is 5.28. The average molecular weight is 842 g/mol. The number of aromatic nitrogens is 2. The van der Waals surface area contributed by atoms with Gasteiger partial charge < -0.3 is 9.13 Å². The van der Waals surface area contributed by atoms with Crippen LogP contribution < -0.4 is 0 Å². The molecular formula is C48H30BrIN2. The summed E-state index contributed by atoms with van der Waals surface area (Å²) in [6.45, 7) is 0. The first-order valence-electron chi connectivity index (χ1n) is 17.4. The molecule has 2 nitrogen and oxygen atoms in total. The van der Waals surface area contributed by atoms with E-state index < -0.39 is 0 Å². The quantitative estimate of drug-likeness (QED) is 0.153. The maximum absolute atomic E-state index is 3.60. The minimum atomic E-state index is 1.08. The Labute approximate surface area is 323 Å². The lowest BCUT2D eigenvalue weighted by Crippen LogP contribution is -1.93. The Bertz CT molecular complexity index is 2740. The van der Waals surface area contributed by atoms with Gasteiger partial charge in [0.05, 0.1) is 22.1 Å². The van der Waals surface area contributed by atoms with Crippen molar-refractivity contribution in [2.75, 3.05) is 0 Å². The van der Waals surface area contributed by atoms with Crippen LogP contribution in [0.2, 0.25) is 0 Å². The largest absolute Gasteiger partial charge is 0.309 e. The zero-order valence-electron chi connectivity index (χ0n) is 28.0. The Morgan fingerprint density at radius 2 is 0.635 bits per heavy atom. The van der Waals surface area contributed by atoms with Gasteiger partial charge in [-0.1, -0.05) is 101 Å². The van der Waals surface area contributed by atoms with Crippen LogP contribution in [0.25, 0.3) is 88.4 Å². The molecule has 0 N–H and O–H groups in total. The molecule has 0 saturated carbocycles. The smallest absolute Gasteiger partial charge is 0.0541 e.